The van der Waals surface area contributed by atoms with Crippen molar-refractivity contribution in [1.82, 2.24) is 0 Å². The number of hydrogen-bond donors (Lipinski definition) is 7. The first-order valence-corrected chi connectivity index (χ1v) is 20.0. The zero-order valence-corrected chi connectivity index (χ0v) is 26.9. The van der Waals surface area contributed by atoms with Gasteiger partial charge in [-0.25, -0.2) is 31.4 Å². The van der Waals surface area contributed by atoms with Gasteiger partial charge in [-0.15, -0.1) is 0 Å². The van der Waals surface area contributed by atoms with Gasteiger partial charge in [0.1, 0.15) is 0 Å². The monoisotopic (exact) mass is 697 g/mol. The summed E-state index contributed by atoms with van der Waals surface area (Å²) in [4.78, 5) is 70.1. The summed E-state index contributed by atoms with van der Waals surface area (Å²) in [6, 6.07) is 0. The van der Waals surface area contributed by atoms with E-state index in [9.17, 15) is 32.3 Å². The van der Waals surface area contributed by atoms with Crippen molar-refractivity contribution in [2.24, 2.45) is 0 Å². The molecule has 4 unspecified atom stereocenters. The Morgan fingerprint density at radius 3 is 1.05 bits per heavy atom. The van der Waals surface area contributed by atoms with Crippen molar-refractivity contribution in [3.8, 4) is 0 Å². The molecule has 0 aliphatic heterocycles. The van der Waals surface area contributed by atoms with E-state index in [0.29, 0.717) is 0 Å². The Labute approximate surface area is 225 Å². The smallest absolute Gasteiger partial charge is 0.490 e. The second-order valence-corrected chi connectivity index (χ2v) is 17.0. The van der Waals surface area contributed by atoms with Gasteiger partial charge in [-0.05, 0) is 19.3 Å². The van der Waals surface area contributed by atoms with Gasteiger partial charge in [0.2, 0.25) is 0 Å². The van der Waals surface area contributed by atoms with Gasteiger partial charge in [-0.2, -0.15) is 12.9 Å². The van der Waals surface area contributed by atoms with Crippen LogP contribution in [0.4, 0.5) is 0 Å². The molecule has 0 aromatic rings. The Morgan fingerprint density at radius 2 is 0.795 bits per heavy atom. The van der Waals surface area contributed by atoms with E-state index in [4.69, 9.17) is 34.3 Å². The Bertz CT molecular complexity index is 938. The summed E-state index contributed by atoms with van der Waals surface area (Å²) in [5.41, 5.74) is 0. The standard InChI is InChI=1S/C13H30N.H8O19P6/c1-5-8-11-14(4,12-9-6-2)13-10-7-3;1-20(2,3)15-22(7,8)17-24(11,12)19-25(13,14)18-23(9,10)16-21(4,5)6/h5-13H2,1-4H3;(H,7,8)(H,9,10)(H,11,12)(H,13,14)(H2,1,2,3)(H2,4,5,6)/q+1;/p-1. The van der Waals surface area contributed by atoms with E-state index in [-0.39, 0.29) is 0 Å². The number of phosphoric acid groups is 6. The molecule has 0 aliphatic rings. The van der Waals surface area contributed by atoms with Crippen LogP contribution in [0.25, 0.3) is 0 Å². The quantitative estimate of drug-likeness (QED) is 0.0753. The number of rotatable bonds is 19. The number of unbranched alkanes of at least 4 members (excludes halogenated alkanes) is 3. The molecule has 0 heterocycles. The van der Waals surface area contributed by atoms with Crippen LogP contribution >= 0.6 is 46.9 Å². The molecule has 4 atom stereocenters. The third-order valence-electron chi connectivity index (χ3n) is 4.19. The van der Waals surface area contributed by atoms with Crippen LogP contribution in [0, 0.1) is 0 Å². The van der Waals surface area contributed by atoms with E-state index in [1.807, 2.05) is 0 Å². The van der Waals surface area contributed by atoms with E-state index < -0.39 is 46.9 Å². The van der Waals surface area contributed by atoms with Gasteiger partial charge < -0.3 is 43.6 Å². The normalized spacial score (nSPS) is 19.1. The van der Waals surface area contributed by atoms with Crippen molar-refractivity contribution in [2.45, 2.75) is 59.3 Å². The molecule has 0 fully saturated rings. The van der Waals surface area contributed by atoms with E-state index in [0.717, 1.165) is 0 Å². The first kappa shape index (κ1) is 42.0. The topological polar surface area (TPSA) is 313 Å². The highest BCUT2D eigenvalue weighted by atomic mass is 31.3. The number of nitrogens with zero attached hydrogens (tertiary/aromatic N) is 1. The molecule has 0 radical (unpaired) electrons. The molecule has 0 aromatic heterocycles. The zero-order chi connectivity index (χ0) is 31.4. The molecule has 0 spiro atoms. The maximum absolute atomic E-state index is 11.1. The summed E-state index contributed by atoms with van der Waals surface area (Å²) in [6.07, 6.45) is 8.20. The molecule has 0 amide bonds. The average molecular weight is 697 g/mol. The van der Waals surface area contributed by atoms with E-state index >= 15 is 0 Å². The van der Waals surface area contributed by atoms with Crippen LogP contribution in [0.3, 0.4) is 0 Å². The lowest BCUT2D eigenvalue weighted by Crippen LogP contribution is -2.46. The second kappa shape index (κ2) is 17.2. The molecule has 0 aromatic carbocycles. The lowest BCUT2D eigenvalue weighted by Gasteiger charge is -2.34. The molecule has 0 saturated heterocycles. The molecule has 0 rings (SSSR count). The van der Waals surface area contributed by atoms with E-state index in [1.54, 1.807) is 0 Å². The number of quaternary nitrogens is 1. The Balaban J connectivity index is 0. The molecule has 0 saturated carbocycles. The van der Waals surface area contributed by atoms with Crippen LogP contribution < -0.4 is 4.89 Å². The zero-order valence-electron chi connectivity index (χ0n) is 21.5. The van der Waals surface area contributed by atoms with E-state index in [2.05, 4.69) is 49.4 Å². The van der Waals surface area contributed by atoms with Crippen LogP contribution in [0.1, 0.15) is 59.3 Å². The van der Waals surface area contributed by atoms with Gasteiger partial charge in [-0.1, -0.05) is 40.0 Å². The molecular formula is C13H37NO19P6. The van der Waals surface area contributed by atoms with Gasteiger partial charge in [0, 0.05) is 0 Å². The highest BCUT2D eigenvalue weighted by Crippen LogP contribution is 2.73. The fourth-order valence-corrected chi connectivity index (χ4v) is 9.43. The summed E-state index contributed by atoms with van der Waals surface area (Å²) < 4.78 is 81.2. The summed E-state index contributed by atoms with van der Waals surface area (Å²) >= 11 is 0. The van der Waals surface area contributed by atoms with Crippen LogP contribution in [-0.2, 0) is 48.9 Å². The highest BCUT2D eigenvalue weighted by Gasteiger charge is 2.45. The maximum atomic E-state index is 11.1. The molecular weight excluding hydrogens is 660 g/mol. The molecule has 238 valence electrons. The maximum Gasteiger partial charge on any atom is 0.490 e. The molecule has 20 nitrogen and oxygen atoms in total. The Morgan fingerprint density at radius 1 is 0.538 bits per heavy atom. The predicted molar refractivity (Wildman–Crippen MR) is 132 cm³/mol. The highest BCUT2D eigenvalue weighted by molar-refractivity contribution is 7.72. The van der Waals surface area contributed by atoms with Crippen LogP contribution in [0.5, 0.6) is 0 Å². The predicted octanol–water partition coefficient (Wildman–Crippen LogP) is 2.86. The lowest BCUT2D eigenvalue weighted by atomic mass is 10.2. The van der Waals surface area contributed by atoms with Crippen molar-refractivity contribution < 1.29 is 92.6 Å². The Kier molecular flexibility index (Phi) is 18.5. The SMILES string of the molecule is CCCC[N+](C)(CCCC)CCCC.O=P(O)(O)OP(=O)(O)OP(=O)([O-])OP(=O)(O)OP(=O)(O)OP(=O)(O)O. The van der Waals surface area contributed by atoms with Crippen LogP contribution in [0.2, 0.25) is 0 Å². The first-order valence-electron chi connectivity index (χ1n) is 11.0. The summed E-state index contributed by atoms with van der Waals surface area (Å²) in [5, 5.41) is 0. The first-order chi connectivity index (χ1) is 17.2. The van der Waals surface area contributed by atoms with Gasteiger partial charge in [0.15, 0.2) is 0 Å². The van der Waals surface area contributed by atoms with Crippen molar-refractivity contribution in [3.05, 3.63) is 0 Å². The third-order valence-corrected chi connectivity index (χ3v) is 12.4. The van der Waals surface area contributed by atoms with E-state index in [1.165, 1.54) is 62.6 Å². The average Bonchev–Trinajstić information content (AvgIpc) is 2.63. The molecule has 26 heteroatoms. The Hall–Kier alpha value is 0.820. The molecule has 0 aliphatic carbocycles. The largest absolute Gasteiger partial charge is 0.756 e. The molecule has 7 N–H and O–H groups in total. The van der Waals surface area contributed by atoms with Crippen LogP contribution in [0.15, 0.2) is 0 Å². The minimum atomic E-state index is -6.51. The van der Waals surface area contributed by atoms with Crippen molar-refractivity contribution >= 4 is 46.9 Å². The number of hydrogen-bond acceptors (Lipinski definition) is 12. The summed E-state index contributed by atoms with van der Waals surface area (Å²) in [6.45, 7) is 11.0. The molecule has 39 heavy (non-hydrogen) atoms. The van der Waals surface area contributed by atoms with Gasteiger partial charge in [0.25, 0.3) is 7.82 Å². The van der Waals surface area contributed by atoms with Crippen molar-refractivity contribution in [1.29, 1.82) is 0 Å². The second-order valence-electron chi connectivity index (χ2n) is 8.09. The van der Waals surface area contributed by atoms with Gasteiger partial charge >= 0.3 is 39.1 Å². The summed E-state index contributed by atoms with van der Waals surface area (Å²) in [5.74, 6) is 0. The van der Waals surface area contributed by atoms with Crippen molar-refractivity contribution in [3.63, 3.8) is 0 Å². The van der Waals surface area contributed by atoms with Gasteiger partial charge in [-0.3, -0.25) is 4.57 Å². The van der Waals surface area contributed by atoms with Gasteiger partial charge in [0.05, 0.1) is 26.7 Å². The minimum absolute atomic E-state index is 1.32. The summed E-state index contributed by atoms with van der Waals surface area (Å²) in [7, 11) is -34.2. The lowest BCUT2D eigenvalue weighted by molar-refractivity contribution is -0.910. The van der Waals surface area contributed by atoms with Crippen LogP contribution in [-0.4, -0.2) is 65.4 Å². The minimum Gasteiger partial charge on any atom is -0.756 e. The van der Waals surface area contributed by atoms with Crippen molar-refractivity contribution in [2.75, 3.05) is 26.7 Å². The third kappa shape index (κ3) is 25.1. The fraction of sp³-hybridized carbons (Fsp3) is 1.00. The molecule has 0 bridgehead atoms. The fourth-order valence-electron chi connectivity index (χ4n) is 2.67.